The molecule has 2 heterocycles. The molecule has 0 fully saturated rings. The third-order valence-corrected chi connectivity index (χ3v) is 14.9. The van der Waals surface area contributed by atoms with Gasteiger partial charge in [-0.05, 0) is 129 Å². The van der Waals surface area contributed by atoms with Crippen LogP contribution in [0.4, 0.5) is 34.1 Å². The molecule has 0 atom stereocenters. The summed E-state index contributed by atoms with van der Waals surface area (Å²) in [6.07, 6.45) is 0. The quantitative estimate of drug-likeness (QED) is 0.149. The van der Waals surface area contributed by atoms with Crippen LogP contribution in [-0.2, 0) is 5.41 Å². The summed E-state index contributed by atoms with van der Waals surface area (Å²) in [5.41, 5.74) is 18.4. The fourth-order valence-electron chi connectivity index (χ4n) is 11.7. The number of para-hydroxylation sites is 4. The van der Waals surface area contributed by atoms with E-state index in [0.717, 1.165) is 94.3 Å². The average Bonchev–Trinajstić information content (AvgIpc) is 4.05. The van der Waals surface area contributed by atoms with Gasteiger partial charge in [0.1, 0.15) is 16.7 Å². The molecule has 0 saturated carbocycles. The highest BCUT2D eigenvalue weighted by molar-refractivity contribution is 6.31. The van der Waals surface area contributed by atoms with Crippen LogP contribution in [0.5, 0.6) is 0 Å². The minimum absolute atomic E-state index is 0.157. The summed E-state index contributed by atoms with van der Waals surface area (Å²) in [6.45, 7) is 6.94. The minimum atomic E-state index is -0.157. The number of nitrogens with zero attached hydrogens (tertiary/aromatic N) is 2. The Balaban J connectivity index is 0.986. The van der Waals surface area contributed by atoms with Crippen LogP contribution in [0, 0.1) is 6.92 Å². The van der Waals surface area contributed by atoms with Crippen LogP contribution in [0.1, 0.15) is 30.5 Å². The molecule has 11 aromatic carbocycles. The monoisotopic (exact) mass is 898 g/mol. The zero-order chi connectivity index (χ0) is 46.7. The Bertz CT molecular complexity index is 4240. The second-order valence-electron chi connectivity index (χ2n) is 19.3. The molecule has 1 aliphatic rings. The van der Waals surface area contributed by atoms with Gasteiger partial charge in [0, 0.05) is 61.0 Å². The molecule has 0 saturated heterocycles. The van der Waals surface area contributed by atoms with Gasteiger partial charge >= 0.3 is 0 Å². The Labute approximate surface area is 405 Å². The Morgan fingerprint density at radius 1 is 0.343 bits per heavy atom. The lowest BCUT2D eigenvalue weighted by atomic mass is 9.82. The van der Waals surface area contributed by atoms with Gasteiger partial charge in [-0.15, -0.1) is 0 Å². The highest BCUT2D eigenvalue weighted by Crippen LogP contribution is 2.53. The van der Waals surface area contributed by atoms with Crippen LogP contribution in [-0.4, -0.2) is 0 Å². The molecule has 4 heteroatoms. The van der Waals surface area contributed by atoms with Gasteiger partial charge in [-0.2, -0.15) is 0 Å². The van der Waals surface area contributed by atoms with E-state index in [1.165, 1.54) is 44.2 Å². The molecular weight excluding hydrogens is 853 g/mol. The average molecular weight is 899 g/mol. The normalized spacial score (nSPS) is 12.9. The van der Waals surface area contributed by atoms with Crippen molar-refractivity contribution in [2.75, 3.05) is 9.80 Å². The van der Waals surface area contributed by atoms with E-state index in [-0.39, 0.29) is 5.41 Å². The number of hydrogen-bond acceptors (Lipinski definition) is 4. The van der Waals surface area contributed by atoms with Gasteiger partial charge in [0.05, 0.1) is 17.1 Å². The first-order chi connectivity index (χ1) is 34.4. The molecule has 0 radical (unpaired) electrons. The standard InChI is InChI=1S/C66H46N2O2/c1-41-18-16-26-51-55-38-44(68(58-29-14-11-23-47(58)42-19-6-4-7-20-42)45-32-35-49-48-24-10-13-28-56(48)66(2,3)57(49)39-45)33-36-53(55)65-63(62(41)51)54-37-34-46(40-61(54)70-65)67(43-21-8-5-9-22-43)59-30-17-27-52-50-25-12-15-31-60(50)69-64(52)59/h4-40H,1-3H3. The number of anilines is 6. The highest BCUT2D eigenvalue weighted by Gasteiger charge is 2.36. The van der Waals surface area contributed by atoms with Gasteiger partial charge in [-0.1, -0.05) is 159 Å². The summed E-state index contributed by atoms with van der Waals surface area (Å²) in [5, 5.41) is 9.01. The van der Waals surface area contributed by atoms with Gasteiger partial charge in [0.25, 0.3) is 0 Å². The molecule has 13 aromatic rings. The fraction of sp³-hybridized carbons (Fsp3) is 0.0606. The minimum Gasteiger partial charge on any atom is -0.455 e. The van der Waals surface area contributed by atoms with E-state index in [0.29, 0.717) is 0 Å². The van der Waals surface area contributed by atoms with Crippen molar-refractivity contribution < 1.29 is 8.83 Å². The molecule has 0 spiro atoms. The Kier molecular flexibility index (Phi) is 8.81. The largest absolute Gasteiger partial charge is 0.455 e. The van der Waals surface area contributed by atoms with Gasteiger partial charge in [-0.3, -0.25) is 0 Å². The third-order valence-electron chi connectivity index (χ3n) is 14.9. The predicted molar refractivity (Wildman–Crippen MR) is 293 cm³/mol. The topological polar surface area (TPSA) is 32.8 Å². The summed E-state index contributed by atoms with van der Waals surface area (Å²) < 4.78 is 13.9. The number of aryl methyl sites for hydroxylation is 1. The van der Waals surface area contributed by atoms with Gasteiger partial charge in [-0.25, -0.2) is 0 Å². The van der Waals surface area contributed by atoms with E-state index in [2.05, 4.69) is 243 Å². The van der Waals surface area contributed by atoms with Crippen molar-refractivity contribution in [1.29, 1.82) is 0 Å². The number of furan rings is 2. The zero-order valence-corrected chi connectivity index (χ0v) is 39.1. The van der Waals surface area contributed by atoms with E-state index < -0.39 is 0 Å². The first-order valence-corrected chi connectivity index (χ1v) is 24.2. The van der Waals surface area contributed by atoms with E-state index >= 15 is 0 Å². The molecule has 332 valence electrons. The number of rotatable bonds is 7. The third kappa shape index (κ3) is 5.96. The van der Waals surface area contributed by atoms with E-state index in [1.54, 1.807) is 0 Å². The van der Waals surface area contributed by atoms with E-state index in [1.807, 2.05) is 12.1 Å². The summed E-state index contributed by atoms with van der Waals surface area (Å²) in [7, 11) is 0. The van der Waals surface area contributed by atoms with E-state index in [4.69, 9.17) is 8.83 Å². The van der Waals surface area contributed by atoms with E-state index in [9.17, 15) is 0 Å². The van der Waals surface area contributed by atoms with Crippen molar-refractivity contribution in [2.45, 2.75) is 26.2 Å². The maximum absolute atomic E-state index is 7.21. The van der Waals surface area contributed by atoms with Crippen molar-refractivity contribution in [1.82, 2.24) is 0 Å². The summed E-state index contributed by atoms with van der Waals surface area (Å²) in [5.74, 6) is 0. The highest BCUT2D eigenvalue weighted by atomic mass is 16.3. The first kappa shape index (κ1) is 40.2. The molecule has 14 rings (SSSR count). The van der Waals surface area contributed by atoms with Gasteiger partial charge in [0.15, 0.2) is 5.58 Å². The van der Waals surface area contributed by atoms with Gasteiger partial charge < -0.3 is 18.6 Å². The zero-order valence-electron chi connectivity index (χ0n) is 39.1. The Morgan fingerprint density at radius 3 is 1.79 bits per heavy atom. The van der Waals surface area contributed by atoms with Crippen LogP contribution >= 0.6 is 0 Å². The first-order valence-electron chi connectivity index (χ1n) is 24.2. The molecule has 4 nitrogen and oxygen atoms in total. The van der Waals surface area contributed by atoms with Crippen LogP contribution < -0.4 is 9.80 Å². The number of benzene rings is 11. The van der Waals surface area contributed by atoms with Crippen molar-refractivity contribution in [2.24, 2.45) is 0 Å². The lowest BCUT2D eigenvalue weighted by Gasteiger charge is -2.30. The summed E-state index contributed by atoms with van der Waals surface area (Å²) in [6, 6.07) is 81.0. The fourth-order valence-corrected chi connectivity index (χ4v) is 11.7. The molecule has 1 aliphatic carbocycles. The molecule has 70 heavy (non-hydrogen) atoms. The van der Waals surface area contributed by atoms with Crippen molar-refractivity contribution in [3.8, 4) is 22.3 Å². The second kappa shape index (κ2) is 15.3. The summed E-state index contributed by atoms with van der Waals surface area (Å²) in [4.78, 5) is 4.74. The molecule has 2 aromatic heterocycles. The second-order valence-corrected chi connectivity index (χ2v) is 19.3. The maximum Gasteiger partial charge on any atom is 0.159 e. The van der Waals surface area contributed by atoms with Crippen LogP contribution in [0.25, 0.3) is 87.7 Å². The lowest BCUT2D eigenvalue weighted by Crippen LogP contribution is -2.16. The van der Waals surface area contributed by atoms with Crippen LogP contribution in [0.2, 0.25) is 0 Å². The molecular formula is C66H46N2O2. The number of fused-ring (bicyclic) bond motifs is 14. The molecule has 0 amide bonds. The smallest absolute Gasteiger partial charge is 0.159 e. The molecule has 0 bridgehead atoms. The molecule has 0 N–H and O–H groups in total. The Morgan fingerprint density at radius 2 is 0.929 bits per heavy atom. The van der Waals surface area contributed by atoms with Crippen LogP contribution in [0.15, 0.2) is 233 Å². The molecule has 0 aliphatic heterocycles. The van der Waals surface area contributed by atoms with Gasteiger partial charge in [0.2, 0.25) is 0 Å². The Hall–Kier alpha value is -8.86. The SMILES string of the molecule is Cc1cccc2c3cc(N(c4ccc5c(c4)C(C)(C)c4ccccc4-5)c4ccccc4-c4ccccc4)ccc3c3oc4cc(N(c5ccccc5)c5cccc6c5oc5ccccc56)ccc4c3c12. The van der Waals surface area contributed by atoms with Crippen LogP contribution in [0.3, 0.4) is 0 Å². The van der Waals surface area contributed by atoms with Crippen molar-refractivity contribution in [3.05, 3.63) is 241 Å². The number of hydrogen-bond donors (Lipinski definition) is 0. The predicted octanol–water partition coefficient (Wildman–Crippen LogP) is 19.0. The van der Waals surface area contributed by atoms with Crippen molar-refractivity contribution >= 4 is 99.5 Å². The summed E-state index contributed by atoms with van der Waals surface area (Å²) >= 11 is 0. The molecule has 0 unspecified atom stereocenters. The lowest BCUT2D eigenvalue weighted by molar-refractivity contribution is 0.660. The van der Waals surface area contributed by atoms with Crippen molar-refractivity contribution in [3.63, 3.8) is 0 Å². The maximum atomic E-state index is 7.21.